The van der Waals surface area contributed by atoms with E-state index in [0.29, 0.717) is 18.5 Å². The summed E-state index contributed by atoms with van der Waals surface area (Å²) < 4.78 is 0. The number of aromatic nitrogens is 1. The van der Waals surface area contributed by atoms with E-state index in [1.807, 2.05) is 12.3 Å². The molecule has 1 rings (SSSR count). The summed E-state index contributed by atoms with van der Waals surface area (Å²) in [7, 11) is 2.11. The molecule has 0 radical (unpaired) electrons. The van der Waals surface area contributed by atoms with E-state index < -0.39 is 0 Å². The summed E-state index contributed by atoms with van der Waals surface area (Å²) in [6.07, 6.45) is 1.82. The highest BCUT2D eigenvalue weighted by molar-refractivity contribution is 5.46. The Balaban J connectivity index is 2.85. The molecule has 0 bridgehead atoms. The molecule has 3 heteroatoms. The maximum Gasteiger partial charge on any atom is 0.0560 e. The van der Waals surface area contributed by atoms with Gasteiger partial charge in [0.15, 0.2) is 0 Å². The van der Waals surface area contributed by atoms with Gasteiger partial charge in [-0.05, 0) is 25.0 Å². The highest BCUT2D eigenvalue weighted by atomic mass is 15.1. The lowest BCUT2D eigenvalue weighted by molar-refractivity contribution is 0.505. The van der Waals surface area contributed by atoms with Crippen molar-refractivity contribution >= 4 is 5.69 Å². The number of hydrogen-bond acceptors (Lipinski definition) is 3. The zero-order chi connectivity index (χ0) is 11.4. The Labute approximate surface area is 92.3 Å². The van der Waals surface area contributed by atoms with Gasteiger partial charge < -0.3 is 10.6 Å². The van der Waals surface area contributed by atoms with Crippen molar-refractivity contribution in [2.24, 2.45) is 11.7 Å². The number of anilines is 1. The first-order chi connectivity index (χ1) is 7.06. The summed E-state index contributed by atoms with van der Waals surface area (Å²) in [5.41, 5.74) is 7.70. The van der Waals surface area contributed by atoms with Gasteiger partial charge in [-0.1, -0.05) is 13.8 Å². The van der Waals surface area contributed by atoms with E-state index in [1.54, 1.807) is 0 Å². The molecule has 2 N–H and O–H groups in total. The average Bonchev–Trinajstić information content (AvgIpc) is 2.27. The Hall–Kier alpha value is -1.09. The van der Waals surface area contributed by atoms with Crippen LogP contribution in [0.5, 0.6) is 0 Å². The van der Waals surface area contributed by atoms with Crippen LogP contribution in [0.3, 0.4) is 0 Å². The van der Waals surface area contributed by atoms with Crippen LogP contribution in [0, 0.1) is 5.92 Å². The first-order valence-corrected chi connectivity index (χ1v) is 5.44. The van der Waals surface area contributed by atoms with E-state index in [-0.39, 0.29) is 0 Å². The third-order valence-corrected chi connectivity index (χ3v) is 2.99. The van der Waals surface area contributed by atoms with Crippen LogP contribution >= 0.6 is 0 Å². The van der Waals surface area contributed by atoms with Crippen molar-refractivity contribution in [3.8, 4) is 0 Å². The SMILES string of the molecule is CC(C)C(C)N(C)c1ccnc(CN)c1. The molecule has 0 saturated heterocycles. The Kier molecular flexibility index (Phi) is 4.09. The van der Waals surface area contributed by atoms with Gasteiger partial charge in [-0.3, -0.25) is 4.98 Å². The molecule has 0 spiro atoms. The Morgan fingerprint density at radius 1 is 1.40 bits per heavy atom. The highest BCUT2D eigenvalue weighted by Gasteiger charge is 2.13. The first-order valence-electron chi connectivity index (χ1n) is 5.44. The summed E-state index contributed by atoms with van der Waals surface area (Å²) >= 11 is 0. The van der Waals surface area contributed by atoms with Crippen LogP contribution < -0.4 is 10.6 Å². The monoisotopic (exact) mass is 207 g/mol. The molecule has 0 saturated carbocycles. The van der Waals surface area contributed by atoms with E-state index in [4.69, 9.17) is 5.73 Å². The summed E-state index contributed by atoms with van der Waals surface area (Å²) in [4.78, 5) is 6.46. The van der Waals surface area contributed by atoms with E-state index in [2.05, 4.69) is 43.8 Å². The molecule has 15 heavy (non-hydrogen) atoms. The summed E-state index contributed by atoms with van der Waals surface area (Å²) in [6.45, 7) is 7.18. The molecule has 3 nitrogen and oxygen atoms in total. The Bertz CT molecular complexity index is 309. The lowest BCUT2D eigenvalue weighted by atomic mass is 10.0. The molecular formula is C12H21N3. The van der Waals surface area contributed by atoms with E-state index in [9.17, 15) is 0 Å². The number of nitrogens with two attached hydrogens (primary N) is 1. The van der Waals surface area contributed by atoms with Gasteiger partial charge in [0.05, 0.1) is 5.69 Å². The molecule has 0 aliphatic heterocycles. The lowest BCUT2D eigenvalue weighted by Crippen LogP contribution is -2.33. The molecule has 1 unspecified atom stereocenters. The topological polar surface area (TPSA) is 42.2 Å². The van der Waals surface area contributed by atoms with Crippen LogP contribution in [-0.2, 0) is 6.54 Å². The molecule has 1 atom stereocenters. The smallest absolute Gasteiger partial charge is 0.0560 e. The minimum absolute atomic E-state index is 0.498. The highest BCUT2D eigenvalue weighted by Crippen LogP contribution is 2.18. The standard InChI is InChI=1S/C12H21N3/c1-9(2)10(3)15(4)12-5-6-14-11(7-12)8-13/h5-7,9-10H,8,13H2,1-4H3. The second-order valence-corrected chi connectivity index (χ2v) is 4.31. The second kappa shape index (κ2) is 5.12. The van der Waals surface area contributed by atoms with E-state index >= 15 is 0 Å². The maximum absolute atomic E-state index is 5.57. The van der Waals surface area contributed by atoms with Crippen molar-refractivity contribution in [1.29, 1.82) is 0 Å². The summed E-state index contributed by atoms with van der Waals surface area (Å²) in [6, 6.07) is 4.59. The zero-order valence-electron chi connectivity index (χ0n) is 10.1. The van der Waals surface area contributed by atoms with Crippen molar-refractivity contribution in [2.45, 2.75) is 33.4 Å². The molecule has 1 heterocycles. The summed E-state index contributed by atoms with van der Waals surface area (Å²) in [5.74, 6) is 0.629. The third kappa shape index (κ3) is 2.93. The molecule has 0 aliphatic rings. The number of hydrogen-bond donors (Lipinski definition) is 1. The minimum atomic E-state index is 0.498. The molecule has 1 aromatic heterocycles. The first kappa shape index (κ1) is 12.0. The van der Waals surface area contributed by atoms with Crippen LogP contribution in [-0.4, -0.2) is 18.1 Å². The Morgan fingerprint density at radius 3 is 2.60 bits per heavy atom. The van der Waals surface area contributed by atoms with E-state index in [0.717, 1.165) is 5.69 Å². The van der Waals surface area contributed by atoms with Gasteiger partial charge >= 0.3 is 0 Å². The van der Waals surface area contributed by atoms with Crippen LogP contribution in [0.4, 0.5) is 5.69 Å². The predicted octanol–water partition coefficient (Wildman–Crippen LogP) is 2.02. The fourth-order valence-corrected chi connectivity index (χ4v) is 1.48. The minimum Gasteiger partial charge on any atom is -0.372 e. The normalized spacial score (nSPS) is 12.9. The van der Waals surface area contributed by atoms with Crippen LogP contribution in [0.2, 0.25) is 0 Å². The fourth-order valence-electron chi connectivity index (χ4n) is 1.48. The Morgan fingerprint density at radius 2 is 2.07 bits per heavy atom. The molecule has 0 aliphatic carbocycles. The van der Waals surface area contributed by atoms with Crippen molar-refractivity contribution < 1.29 is 0 Å². The zero-order valence-corrected chi connectivity index (χ0v) is 10.1. The molecule has 1 aromatic rings. The van der Waals surface area contributed by atoms with Gasteiger partial charge in [0.1, 0.15) is 0 Å². The number of nitrogens with zero attached hydrogens (tertiary/aromatic N) is 2. The second-order valence-electron chi connectivity index (χ2n) is 4.31. The van der Waals surface area contributed by atoms with Crippen molar-refractivity contribution in [1.82, 2.24) is 4.98 Å². The number of rotatable bonds is 4. The maximum atomic E-state index is 5.57. The molecule has 84 valence electrons. The van der Waals surface area contributed by atoms with Gasteiger partial charge in [0, 0.05) is 31.5 Å². The molecule has 0 amide bonds. The molecular weight excluding hydrogens is 186 g/mol. The van der Waals surface area contributed by atoms with Gasteiger partial charge in [-0.25, -0.2) is 0 Å². The summed E-state index contributed by atoms with van der Waals surface area (Å²) in [5, 5.41) is 0. The molecule has 0 fully saturated rings. The largest absolute Gasteiger partial charge is 0.372 e. The van der Waals surface area contributed by atoms with Gasteiger partial charge in [0.25, 0.3) is 0 Å². The van der Waals surface area contributed by atoms with Crippen LogP contribution in [0.1, 0.15) is 26.5 Å². The van der Waals surface area contributed by atoms with Gasteiger partial charge in [-0.15, -0.1) is 0 Å². The van der Waals surface area contributed by atoms with Crippen molar-refractivity contribution in [3.63, 3.8) is 0 Å². The lowest BCUT2D eigenvalue weighted by Gasteiger charge is -2.30. The quantitative estimate of drug-likeness (QED) is 0.821. The predicted molar refractivity (Wildman–Crippen MR) is 64.8 cm³/mol. The van der Waals surface area contributed by atoms with E-state index in [1.165, 1.54) is 5.69 Å². The fraction of sp³-hybridized carbons (Fsp3) is 0.583. The molecule has 0 aromatic carbocycles. The van der Waals surface area contributed by atoms with Gasteiger partial charge in [-0.2, -0.15) is 0 Å². The average molecular weight is 207 g/mol. The number of pyridine rings is 1. The van der Waals surface area contributed by atoms with Crippen molar-refractivity contribution in [3.05, 3.63) is 24.0 Å². The van der Waals surface area contributed by atoms with Gasteiger partial charge in [0.2, 0.25) is 0 Å². The van der Waals surface area contributed by atoms with Crippen LogP contribution in [0.25, 0.3) is 0 Å². The van der Waals surface area contributed by atoms with Crippen LogP contribution in [0.15, 0.2) is 18.3 Å². The van der Waals surface area contributed by atoms with Crippen molar-refractivity contribution in [2.75, 3.05) is 11.9 Å². The third-order valence-electron chi connectivity index (χ3n) is 2.99.